The molecule has 17 heavy (non-hydrogen) atoms. The van der Waals surface area contributed by atoms with Crippen LogP contribution in [0, 0.1) is 0 Å². The van der Waals surface area contributed by atoms with E-state index in [-0.39, 0.29) is 12.4 Å². The van der Waals surface area contributed by atoms with Crippen molar-refractivity contribution < 1.29 is 19.7 Å². The molecule has 1 heterocycles. The van der Waals surface area contributed by atoms with E-state index >= 15 is 0 Å². The number of carbonyl (C=O) groups is 1. The Morgan fingerprint density at radius 1 is 1.18 bits per heavy atom. The van der Waals surface area contributed by atoms with E-state index in [0.717, 1.165) is 25.7 Å². The van der Waals surface area contributed by atoms with Gasteiger partial charge in [-0.1, -0.05) is 0 Å². The van der Waals surface area contributed by atoms with Gasteiger partial charge in [0.05, 0.1) is 0 Å². The molecule has 1 saturated heterocycles. The van der Waals surface area contributed by atoms with Crippen molar-refractivity contribution in [3.63, 3.8) is 0 Å². The van der Waals surface area contributed by atoms with Gasteiger partial charge in [-0.05, 0) is 44.9 Å². The van der Waals surface area contributed by atoms with Crippen LogP contribution in [0.2, 0.25) is 0 Å². The Morgan fingerprint density at radius 3 is 2.53 bits per heavy atom. The summed E-state index contributed by atoms with van der Waals surface area (Å²) in [4.78, 5) is 12.1. The lowest BCUT2D eigenvalue weighted by atomic mass is 9.59. The number of aliphatic hydroxyl groups is 2. The van der Waals surface area contributed by atoms with E-state index in [9.17, 15) is 9.90 Å². The van der Waals surface area contributed by atoms with Crippen LogP contribution in [-0.4, -0.2) is 40.4 Å². The highest BCUT2D eigenvalue weighted by atomic mass is 16.5. The molecule has 0 unspecified atom stereocenters. The standard InChI is InChI=1S/C13H22O4/c14-9-3-1-5-11(15)13(16)8-7-12(13)6-2-4-10-17-12/h14,16H,1-10H2/t12-,13-/m1/s1. The summed E-state index contributed by atoms with van der Waals surface area (Å²) in [6, 6.07) is 0. The molecule has 1 aliphatic heterocycles. The maximum absolute atomic E-state index is 12.1. The fraction of sp³-hybridized carbons (Fsp3) is 0.923. The summed E-state index contributed by atoms with van der Waals surface area (Å²) in [7, 11) is 0. The highest BCUT2D eigenvalue weighted by Crippen LogP contribution is 2.51. The molecular weight excluding hydrogens is 220 g/mol. The Bertz CT molecular complexity index is 283. The maximum atomic E-state index is 12.1. The monoisotopic (exact) mass is 242 g/mol. The van der Waals surface area contributed by atoms with Crippen molar-refractivity contribution in [1.29, 1.82) is 0 Å². The highest BCUT2D eigenvalue weighted by molar-refractivity contribution is 5.89. The van der Waals surface area contributed by atoms with Gasteiger partial charge in [-0.25, -0.2) is 0 Å². The van der Waals surface area contributed by atoms with Crippen LogP contribution in [0.15, 0.2) is 0 Å². The van der Waals surface area contributed by atoms with E-state index in [2.05, 4.69) is 0 Å². The average Bonchev–Trinajstić information content (AvgIpc) is 2.37. The van der Waals surface area contributed by atoms with Crippen LogP contribution in [0.1, 0.15) is 51.4 Å². The number of ketones is 1. The summed E-state index contributed by atoms with van der Waals surface area (Å²) in [5, 5.41) is 19.2. The maximum Gasteiger partial charge on any atom is 0.167 e. The summed E-state index contributed by atoms with van der Waals surface area (Å²) in [5.41, 5.74) is -1.83. The van der Waals surface area contributed by atoms with Crippen LogP contribution in [0.3, 0.4) is 0 Å². The lowest BCUT2D eigenvalue weighted by molar-refractivity contribution is -0.252. The molecule has 1 saturated carbocycles. The molecule has 1 spiro atoms. The average molecular weight is 242 g/mol. The first-order valence-electron chi connectivity index (χ1n) is 6.65. The molecule has 2 rings (SSSR count). The van der Waals surface area contributed by atoms with Gasteiger partial charge >= 0.3 is 0 Å². The Morgan fingerprint density at radius 2 is 2.00 bits per heavy atom. The lowest BCUT2D eigenvalue weighted by Crippen LogP contribution is -2.69. The van der Waals surface area contributed by atoms with Crippen LogP contribution in [-0.2, 0) is 9.53 Å². The summed E-state index contributed by atoms with van der Waals surface area (Å²) >= 11 is 0. The van der Waals surface area contributed by atoms with Crippen molar-refractivity contribution in [3.8, 4) is 0 Å². The number of Topliss-reactive ketones (excluding diaryl/α,β-unsaturated/α-hetero) is 1. The normalized spacial score (nSPS) is 36.8. The fourth-order valence-corrected chi connectivity index (χ4v) is 3.01. The fourth-order valence-electron chi connectivity index (χ4n) is 3.01. The zero-order chi connectivity index (χ0) is 12.4. The second kappa shape index (κ2) is 5.04. The molecule has 98 valence electrons. The van der Waals surface area contributed by atoms with Crippen LogP contribution in [0.25, 0.3) is 0 Å². The SMILES string of the molecule is O=C(CCCCO)[C@]1(O)CC[C@]12CCCCO2. The van der Waals surface area contributed by atoms with Crippen LogP contribution in [0.5, 0.6) is 0 Å². The smallest absolute Gasteiger partial charge is 0.167 e. The molecule has 0 bridgehead atoms. The first kappa shape index (κ1) is 13.0. The van der Waals surface area contributed by atoms with E-state index in [1.807, 2.05) is 0 Å². The van der Waals surface area contributed by atoms with Crippen molar-refractivity contribution in [2.45, 2.75) is 62.6 Å². The van der Waals surface area contributed by atoms with E-state index < -0.39 is 11.2 Å². The van der Waals surface area contributed by atoms with E-state index in [1.165, 1.54) is 0 Å². The van der Waals surface area contributed by atoms with E-state index in [1.54, 1.807) is 0 Å². The molecule has 0 amide bonds. The molecule has 1 aliphatic carbocycles. The topological polar surface area (TPSA) is 66.8 Å². The molecule has 4 heteroatoms. The van der Waals surface area contributed by atoms with Gasteiger partial charge in [0.15, 0.2) is 11.4 Å². The minimum absolute atomic E-state index is 0.0981. The van der Waals surface area contributed by atoms with Crippen molar-refractivity contribution in [2.75, 3.05) is 13.2 Å². The summed E-state index contributed by atoms with van der Waals surface area (Å²) < 4.78 is 5.72. The second-order valence-corrected chi connectivity index (χ2v) is 5.26. The van der Waals surface area contributed by atoms with Crippen molar-refractivity contribution >= 4 is 5.78 Å². The highest BCUT2D eigenvalue weighted by Gasteiger charge is 2.63. The van der Waals surface area contributed by atoms with Gasteiger partial charge in [0, 0.05) is 19.6 Å². The predicted molar refractivity (Wildman–Crippen MR) is 62.7 cm³/mol. The van der Waals surface area contributed by atoms with Gasteiger partial charge in [0.25, 0.3) is 0 Å². The summed E-state index contributed by atoms with van der Waals surface area (Å²) in [6.07, 6.45) is 5.81. The minimum atomic E-state index is -1.25. The molecule has 2 fully saturated rings. The Hall–Kier alpha value is -0.450. The van der Waals surface area contributed by atoms with Gasteiger partial charge in [0.1, 0.15) is 5.60 Å². The number of unbranched alkanes of at least 4 members (excludes halogenated alkanes) is 1. The first-order valence-corrected chi connectivity index (χ1v) is 6.65. The number of hydrogen-bond acceptors (Lipinski definition) is 4. The number of aliphatic hydroxyl groups excluding tert-OH is 1. The predicted octanol–water partition coefficient (Wildman–Crippen LogP) is 1.18. The lowest BCUT2D eigenvalue weighted by Gasteiger charge is -2.56. The first-order chi connectivity index (χ1) is 8.15. The Balaban J connectivity index is 1.95. The second-order valence-electron chi connectivity index (χ2n) is 5.26. The molecule has 2 aliphatic rings. The Kier molecular flexibility index (Phi) is 3.85. The number of carbonyl (C=O) groups excluding carboxylic acids is 1. The third-order valence-corrected chi connectivity index (χ3v) is 4.27. The minimum Gasteiger partial charge on any atom is -0.396 e. The summed E-state index contributed by atoms with van der Waals surface area (Å²) in [6.45, 7) is 0.763. The third-order valence-electron chi connectivity index (χ3n) is 4.27. The van der Waals surface area contributed by atoms with Gasteiger partial charge in [-0.2, -0.15) is 0 Å². The molecule has 0 aromatic carbocycles. The molecule has 0 radical (unpaired) electrons. The largest absolute Gasteiger partial charge is 0.396 e. The van der Waals surface area contributed by atoms with Gasteiger partial charge in [-0.15, -0.1) is 0 Å². The Labute approximate surface area is 102 Å². The van der Waals surface area contributed by atoms with Gasteiger partial charge < -0.3 is 14.9 Å². The number of rotatable bonds is 5. The van der Waals surface area contributed by atoms with E-state index in [0.29, 0.717) is 32.3 Å². The molecular formula is C13H22O4. The zero-order valence-electron chi connectivity index (χ0n) is 10.3. The van der Waals surface area contributed by atoms with Crippen molar-refractivity contribution in [3.05, 3.63) is 0 Å². The molecule has 2 N–H and O–H groups in total. The molecule has 4 nitrogen and oxygen atoms in total. The van der Waals surface area contributed by atoms with Crippen LogP contribution < -0.4 is 0 Å². The molecule has 2 atom stereocenters. The quantitative estimate of drug-likeness (QED) is 0.710. The van der Waals surface area contributed by atoms with Crippen molar-refractivity contribution in [1.82, 2.24) is 0 Å². The van der Waals surface area contributed by atoms with Crippen molar-refractivity contribution in [2.24, 2.45) is 0 Å². The number of hydrogen-bond donors (Lipinski definition) is 2. The summed E-state index contributed by atoms with van der Waals surface area (Å²) in [5.74, 6) is -0.0981. The van der Waals surface area contributed by atoms with Crippen LogP contribution in [0.4, 0.5) is 0 Å². The van der Waals surface area contributed by atoms with Gasteiger partial charge in [0.2, 0.25) is 0 Å². The van der Waals surface area contributed by atoms with Gasteiger partial charge in [-0.3, -0.25) is 4.79 Å². The van der Waals surface area contributed by atoms with Crippen LogP contribution >= 0.6 is 0 Å². The zero-order valence-corrected chi connectivity index (χ0v) is 10.3. The number of ether oxygens (including phenoxy) is 1. The molecule has 0 aromatic rings. The van der Waals surface area contributed by atoms with E-state index in [4.69, 9.17) is 9.84 Å². The molecule has 0 aromatic heterocycles. The third kappa shape index (κ3) is 2.14.